The number of anilines is 1. The summed E-state index contributed by atoms with van der Waals surface area (Å²) in [4.78, 5) is 22.0. The second-order valence-corrected chi connectivity index (χ2v) is 4.58. The van der Waals surface area contributed by atoms with Gasteiger partial charge >= 0.3 is 5.97 Å². The molecule has 1 aromatic carbocycles. The molecule has 0 aliphatic carbocycles. The molecule has 1 amide bonds. The molecule has 1 rings (SSSR count). The summed E-state index contributed by atoms with van der Waals surface area (Å²) in [5.41, 5.74) is 0.752. The average molecular weight is 279 g/mol. The fourth-order valence-corrected chi connectivity index (χ4v) is 1.81. The molecular weight excluding hydrogens is 258 g/mol. The van der Waals surface area contributed by atoms with Gasteiger partial charge < -0.3 is 15.2 Å². The number of carbonyl (C=O) groups excluding carboxylic acids is 1. The van der Waals surface area contributed by atoms with Gasteiger partial charge in [-0.05, 0) is 37.1 Å². The molecule has 110 valence electrons. The first-order valence-electron chi connectivity index (χ1n) is 6.77. The highest BCUT2D eigenvalue weighted by Gasteiger charge is 2.03. The van der Waals surface area contributed by atoms with E-state index >= 15 is 0 Å². The number of hydrogen-bond acceptors (Lipinski definition) is 3. The average Bonchev–Trinajstić information content (AvgIpc) is 2.43. The third kappa shape index (κ3) is 6.78. The van der Waals surface area contributed by atoms with Gasteiger partial charge in [-0.2, -0.15) is 0 Å². The molecule has 5 nitrogen and oxygen atoms in total. The molecule has 0 aliphatic rings. The van der Waals surface area contributed by atoms with E-state index < -0.39 is 5.97 Å². The zero-order chi connectivity index (χ0) is 14.8. The quantitative estimate of drug-likeness (QED) is 0.681. The van der Waals surface area contributed by atoms with Gasteiger partial charge in [0, 0.05) is 18.5 Å². The Hall–Kier alpha value is -2.04. The Morgan fingerprint density at radius 3 is 2.20 bits per heavy atom. The maximum Gasteiger partial charge on any atom is 0.303 e. The number of carbonyl (C=O) groups is 2. The minimum atomic E-state index is -0.762. The first kappa shape index (κ1) is 16.0. The van der Waals surface area contributed by atoms with Crippen molar-refractivity contribution in [3.05, 3.63) is 24.3 Å². The molecular formula is C15H21NO4. The molecule has 0 heterocycles. The molecule has 0 fully saturated rings. The number of rotatable bonds is 9. The zero-order valence-electron chi connectivity index (χ0n) is 11.7. The van der Waals surface area contributed by atoms with Crippen LogP contribution in [0, 0.1) is 0 Å². The van der Waals surface area contributed by atoms with Crippen LogP contribution in [0.2, 0.25) is 0 Å². The summed E-state index contributed by atoms with van der Waals surface area (Å²) in [6.45, 7) is 0. The lowest BCUT2D eigenvalue weighted by Crippen LogP contribution is -2.10. The van der Waals surface area contributed by atoms with Gasteiger partial charge in [-0.1, -0.05) is 12.8 Å². The standard InChI is InChI=1S/C15H21NO4/c1-20-13-10-8-12(9-11-13)16-14(17)6-4-2-3-5-7-15(18)19/h8-11H,2-7H2,1H3,(H,16,17)(H,18,19). The lowest BCUT2D eigenvalue weighted by atomic mass is 10.1. The van der Waals surface area contributed by atoms with Gasteiger partial charge in [-0.15, -0.1) is 0 Å². The molecule has 1 aromatic rings. The van der Waals surface area contributed by atoms with E-state index in [4.69, 9.17) is 9.84 Å². The van der Waals surface area contributed by atoms with Crippen molar-refractivity contribution in [2.75, 3.05) is 12.4 Å². The number of carboxylic acid groups (broad SMARTS) is 1. The summed E-state index contributed by atoms with van der Waals surface area (Å²) in [5.74, 6) is -0.0305. The van der Waals surface area contributed by atoms with Crippen molar-refractivity contribution in [2.45, 2.75) is 38.5 Å². The number of carboxylic acids is 1. The van der Waals surface area contributed by atoms with E-state index in [0.717, 1.165) is 30.7 Å². The Balaban J connectivity index is 2.15. The SMILES string of the molecule is COc1ccc(NC(=O)CCCCCCC(=O)O)cc1. The molecule has 0 aliphatic heterocycles. The van der Waals surface area contributed by atoms with Gasteiger partial charge in [0.25, 0.3) is 0 Å². The number of nitrogens with one attached hydrogen (secondary N) is 1. The van der Waals surface area contributed by atoms with Crippen LogP contribution in [0.1, 0.15) is 38.5 Å². The summed E-state index contributed by atoms with van der Waals surface area (Å²) in [7, 11) is 1.60. The lowest BCUT2D eigenvalue weighted by Gasteiger charge is -2.06. The van der Waals surface area contributed by atoms with Gasteiger partial charge in [0.1, 0.15) is 5.75 Å². The second kappa shape index (κ2) is 8.96. The van der Waals surface area contributed by atoms with Crippen molar-refractivity contribution < 1.29 is 19.4 Å². The largest absolute Gasteiger partial charge is 0.497 e. The molecule has 0 spiro atoms. The Kier molecular flexibility index (Phi) is 7.17. The van der Waals surface area contributed by atoms with Crippen LogP contribution in [0.4, 0.5) is 5.69 Å². The molecule has 0 atom stereocenters. The second-order valence-electron chi connectivity index (χ2n) is 4.58. The molecule has 0 bridgehead atoms. The number of benzene rings is 1. The Morgan fingerprint density at radius 2 is 1.65 bits per heavy atom. The maximum absolute atomic E-state index is 11.7. The van der Waals surface area contributed by atoms with E-state index in [1.807, 2.05) is 0 Å². The first-order chi connectivity index (χ1) is 9.61. The molecule has 0 saturated carbocycles. The van der Waals surface area contributed by atoms with E-state index in [1.54, 1.807) is 31.4 Å². The van der Waals surface area contributed by atoms with Crippen LogP contribution in [-0.4, -0.2) is 24.1 Å². The highest BCUT2D eigenvalue weighted by atomic mass is 16.5. The van der Waals surface area contributed by atoms with E-state index in [-0.39, 0.29) is 12.3 Å². The Labute approximate surface area is 118 Å². The number of aliphatic carboxylic acids is 1. The normalized spacial score (nSPS) is 10.1. The summed E-state index contributed by atoms with van der Waals surface area (Å²) in [6.07, 6.45) is 3.85. The summed E-state index contributed by atoms with van der Waals surface area (Å²) in [5, 5.41) is 11.3. The topological polar surface area (TPSA) is 75.6 Å². The van der Waals surface area contributed by atoms with Crippen molar-refractivity contribution in [3.63, 3.8) is 0 Å². The van der Waals surface area contributed by atoms with Crippen LogP contribution in [0.25, 0.3) is 0 Å². The van der Waals surface area contributed by atoms with Crippen LogP contribution >= 0.6 is 0 Å². The van der Waals surface area contributed by atoms with Gasteiger partial charge in [0.05, 0.1) is 7.11 Å². The zero-order valence-corrected chi connectivity index (χ0v) is 11.7. The number of amides is 1. The van der Waals surface area contributed by atoms with Crippen LogP contribution in [0.3, 0.4) is 0 Å². The van der Waals surface area contributed by atoms with Crippen molar-refractivity contribution >= 4 is 17.6 Å². The van der Waals surface area contributed by atoms with Crippen molar-refractivity contribution in [1.82, 2.24) is 0 Å². The Morgan fingerprint density at radius 1 is 1.05 bits per heavy atom. The number of methoxy groups -OCH3 is 1. The summed E-state index contributed by atoms with van der Waals surface area (Å²) in [6, 6.07) is 7.18. The molecule has 5 heteroatoms. The van der Waals surface area contributed by atoms with Crippen molar-refractivity contribution in [3.8, 4) is 5.75 Å². The minimum Gasteiger partial charge on any atom is -0.497 e. The third-order valence-electron chi connectivity index (χ3n) is 2.92. The minimum absolute atomic E-state index is 0.0200. The first-order valence-corrected chi connectivity index (χ1v) is 6.77. The number of unbranched alkanes of at least 4 members (excludes halogenated alkanes) is 3. The third-order valence-corrected chi connectivity index (χ3v) is 2.92. The molecule has 2 N–H and O–H groups in total. The van der Waals surface area contributed by atoms with Crippen molar-refractivity contribution in [1.29, 1.82) is 0 Å². The van der Waals surface area contributed by atoms with Gasteiger partial charge in [0.2, 0.25) is 5.91 Å². The summed E-state index contributed by atoms with van der Waals surface area (Å²) < 4.78 is 5.04. The lowest BCUT2D eigenvalue weighted by molar-refractivity contribution is -0.137. The van der Waals surface area contributed by atoms with E-state index in [2.05, 4.69) is 5.32 Å². The van der Waals surface area contributed by atoms with Gasteiger partial charge in [-0.3, -0.25) is 9.59 Å². The monoisotopic (exact) mass is 279 g/mol. The summed E-state index contributed by atoms with van der Waals surface area (Å²) >= 11 is 0. The highest BCUT2D eigenvalue weighted by molar-refractivity contribution is 5.90. The van der Waals surface area contributed by atoms with E-state index in [9.17, 15) is 9.59 Å². The predicted octanol–water partition coefficient (Wildman–Crippen LogP) is 3.06. The smallest absolute Gasteiger partial charge is 0.303 e. The van der Waals surface area contributed by atoms with Gasteiger partial charge in [-0.25, -0.2) is 0 Å². The highest BCUT2D eigenvalue weighted by Crippen LogP contribution is 2.15. The molecule has 0 radical (unpaired) electrons. The molecule has 0 aromatic heterocycles. The molecule has 0 unspecified atom stereocenters. The predicted molar refractivity (Wildman–Crippen MR) is 77.0 cm³/mol. The maximum atomic E-state index is 11.7. The van der Waals surface area contributed by atoms with Gasteiger partial charge in [0.15, 0.2) is 0 Å². The van der Waals surface area contributed by atoms with Crippen molar-refractivity contribution in [2.24, 2.45) is 0 Å². The van der Waals surface area contributed by atoms with E-state index in [1.165, 1.54) is 0 Å². The fourth-order valence-electron chi connectivity index (χ4n) is 1.81. The van der Waals surface area contributed by atoms with E-state index in [0.29, 0.717) is 12.8 Å². The van der Waals surface area contributed by atoms with Crippen LogP contribution in [0.15, 0.2) is 24.3 Å². The van der Waals surface area contributed by atoms with Crippen LogP contribution in [-0.2, 0) is 9.59 Å². The number of hydrogen-bond donors (Lipinski definition) is 2. The van der Waals surface area contributed by atoms with Crippen LogP contribution in [0.5, 0.6) is 5.75 Å². The number of ether oxygens (including phenoxy) is 1. The molecule has 0 saturated heterocycles. The fraction of sp³-hybridized carbons (Fsp3) is 0.467. The Bertz CT molecular complexity index is 428. The van der Waals surface area contributed by atoms with Crippen LogP contribution < -0.4 is 10.1 Å². The molecule has 20 heavy (non-hydrogen) atoms.